The maximum absolute atomic E-state index is 6.31. The molecule has 1 aliphatic heterocycles. The molecule has 0 radical (unpaired) electrons. The summed E-state index contributed by atoms with van der Waals surface area (Å²) in [7, 11) is 0. The lowest BCUT2D eigenvalue weighted by Crippen LogP contribution is -1.94. The Labute approximate surface area is 121 Å². The Morgan fingerprint density at radius 3 is 2.74 bits per heavy atom. The van der Waals surface area contributed by atoms with E-state index in [-0.39, 0.29) is 0 Å². The van der Waals surface area contributed by atoms with Crippen molar-refractivity contribution in [1.82, 2.24) is 4.98 Å². The van der Waals surface area contributed by atoms with Crippen LogP contribution in [0, 0.1) is 0 Å². The molecule has 1 aliphatic rings. The van der Waals surface area contributed by atoms with E-state index in [2.05, 4.69) is 41.4 Å². The summed E-state index contributed by atoms with van der Waals surface area (Å²) in [6.07, 6.45) is 1.03. The highest BCUT2D eigenvalue weighted by Gasteiger charge is 2.28. The molecule has 94 valence electrons. The molecule has 2 heterocycles. The summed E-state index contributed by atoms with van der Waals surface area (Å²) in [5, 5.41) is 2.63. The zero-order valence-electron chi connectivity index (χ0n) is 10.2. The van der Waals surface area contributed by atoms with E-state index < -0.39 is 0 Å². The Kier molecular flexibility index (Phi) is 2.61. The molecular formula is C16H12ClNS. The molecule has 2 aromatic carbocycles. The molecule has 3 aromatic rings. The van der Waals surface area contributed by atoms with Gasteiger partial charge >= 0.3 is 0 Å². The van der Waals surface area contributed by atoms with Gasteiger partial charge in [0.1, 0.15) is 0 Å². The molecule has 0 spiro atoms. The fourth-order valence-corrected chi connectivity index (χ4v) is 4.51. The Morgan fingerprint density at radius 1 is 1.05 bits per heavy atom. The highest BCUT2D eigenvalue weighted by Crippen LogP contribution is 2.50. The molecule has 3 heteroatoms. The van der Waals surface area contributed by atoms with Gasteiger partial charge in [0.05, 0.1) is 0 Å². The number of hydrogen-bond acceptors (Lipinski definition) is 1. The molecule has 1 atom stereocenters. The largest absolute Gasteiger partial charge is 0.357 e. The van der Waals surface area contributed by atoms with E-state index in [1.807, 2.05) is 23.9 Å². The van der Waals surface area contributed by atoms with Crippen molar-refractivity contribution in [3.05, 3.63) is 64.8 Å². The predicted octanol–water partition coefficient (Wildman–Crippen LogP) is 5.21. The van der Waals surface area contributed by atoms with Gasteiger partial charge in [0.2, 0.25) is 0 Å². The molecule has 0 fully saturated rings. The van der Waals surface area contributed by atoms with Crippen LogP contribution in [0.5, 0.6) is 0 Å². The Morgan fingerprint density at radius 2 is 1.84 bits per heavy atom. The van der Waals surface area contributed by atoms with E-state index >= 15 is 0 Å². The number of para-hydroxylation sites is 1. The minimum atomic E-state index is 0.430. The summed E-state index contributed by atoms with van der Waals surface area (Å²) in [5.74, 6) is 0. The first-order valence-electron chi connectivity index (χ1n) is 6.33. The van der Waals surface area contributed by atoms with Crippen molar-refractivity contribution < 1.29 is 0 Å². The maximum Gasteiger partial charge on any atom is 0.0467 e. The smallest absolute Gasteiger partial charge is 0.0467 e. The van der Waals surface area contributed by atoms with E-state index in [1.165, 1.54) is 27.1 Å². The van der Waals surface area contributed by atoms with Crippen molar-refractivity contribution in [2.75, 3.05) is 0 Å². The highest BCUT2D eigenvalue weighted by atomic mass is 35.5. The molecule has 4 rings (SSSR count). The maximum atomic E-state index is 6.31. The summed E-state index contributed by atoms with van der Waals surface area (Å²) in [6.45, 7) is 0. The summed E-state index contributed by atoms with van der Waals surface area (Å²) < 4.78 is 0. The van der Waals surface area contributed by atoms with Crippen LogP contribution in [0.25, 0.3) is 10.9 Å². The van der Waals surface area contributed by atoms with Gasteiger partial charge in [0, 0.05) is 38.2 Å². The van der Waals surface area contributed by atoms with Crippen molar-refractivity contribution in [2.45, 2.75) is 16.6 Å². The van der Waals surface area contributed by atoms with Gasteiger partial charge < -0.3 is 4.98 Å². The highest BCUT2D eigenvalue weighted by molar-refractivity contribution is 8.00. The average Bonchev–Trinajstić information content (AvgIpc) is 2.96. The molecule has 0 saturated heterocycles. The van der Waals surface area contributed by atoms with Crippen LogP contribution < -0.4 is 0 Å². The molecule has 1 aromatic heterocycles. The predicted molar refractivity (Wildman–Crippen MR) is 82.1 cm³/mol. The van der Waals surface area contributed by atoms with Crippen LogP contribution in [0.3, 0.4) is 0 Å². The van der Waals surface area contributed by atoms with Gasteiger partial charge in [-0.1, -0.05) is 48.0 Å². The van der Waals surface area contributed by atoms with Gasteiger partial charge in [0.25, 0.3) is 0 Å². The quantitative estimate of drug-likeness (QED) is 0.649. The van der Waals surface area contributed by atoms with E-state index in [9.17, 15) is 0 Å². The molecule has 1 nitrogen and oxygen atoms in total. The Hall–Kier alpha value is -1.38. The molecule has 0 bridgehead atoms. The number of aromatic nitrogens is 1. The van der Waals surface area contributed by atoms with Gasteiger partial charge in [-0.3, -0.25) is 0 Å². The lowest BCUT2D eigenvalue weighted by atomic mass is 10.1. The molecule has 0 aliphatic carbocycles. The third-order valence-corrected chi connectivity index (χ3v) is 5.38. The van der Waals surface area contributed by atoms with Crippen LogP contribution in [0.1, 0.15) is 16.5 Å². The first-order valence-corrected chi connectivity index (χ1v) is 7.59. The second-order valence-corrected chi connectivity index (χ2v) is 6.43. The molecule has 0 saturated carbocycles. The number of thioether (sulfide) groups is 1. The van der Waals surface area contributed by atoms with Gasteiger partial charge in [-0.25, -0.2) is 0 Å². The van der Waals surface area contributed by atoms with Crippen LogP contribution in [0.15, 0.2) is 53.4 Å². The van der Waals surface area contributed by atoms with Crippen molar-refractivity contribution >= 4 is 34.3 Å². The van der Waals surface area contributed by atoms with Gasteiger partial charge in [-0.2, -0.15) is 0 Å². The topological polar surface area (TPSA) is 15.8 Å². The number of rotatable bonds is 1. The Balaban J connectivity index is 1.77. The second-order valence-electron chi connectivity index (χ2n) is 4.81. The van der Waals surface area contributed by atoms with Crippen LogP contribution >= 0.6 is 23.4 Å². The van der Waals surface area contributed by atoms with Crippen molar-refractivity contribution in [3.8, 4) is 0 Å². The molecule has 0 amide bonds. The van der Waals surface area contributed by atoms with Crippen molar-refractivity contribution in [3.63, 3.8) is 0 Å². The zero-order valence-corrected chi connectivity index (χ0v) is 11.8. The van der Waals surface area contributed by atoms with E-state index in [0.29, 0.717) is 5.25 Å². The molecule has 1 unspecified atom stereocenters. The number of nitrogens with one attached hydrogen (secondary N) is 1. The van der Waals surface area contributed by atoms with Crippen LogP contribution in [-0.2, 0) is 6.42 Å². The number of halogens is 1. The lowest BCUT2D eigenvalue weighted by molar-refractivity contribution is 0.921. The van der Waals surface area contributed by atoms with Crippen LogP contribution in [-0.4, -0.2) is 4.98 Å². The van der Waals surface area contributed by atoms with Crippen molar-refractivity contribution in [2.24, 2.45) is 0 Å². The third-order valence-electron chi connectivity index (χ3n) is 3.63. The minimum Gasteiger partial charge on any atom is -0.357 e. The fourth-order valence-electron chi connectivity index (χ4n) is 2.73. The van der Waals surface area contributed by atoms with Gasteiger partial charge in [0.15, 0.2) is 0 Å². The Bertz CT molecular complexity index is 762. The monoisotopic (exact) mass is 285 g/mol. The van der Waals surface area contributed by atoms with Gasteiger partial charge in [-0.05, 0) is 17.7 Å². The normalized spacial score (nSPS) is 17.8. The zero-order chi connectivity index (χ0) is 12.8. The summed E-state index contributed by atoms with van der Waals surface area (Å²) >= 11 is 8.23. The standard InChI is InChI=1S/C16H12ClNS/c17-12-7-3-1-5-10(12)15-9-14-16(19-15)11-6-2-4-8-13(11)18-14/h1-8,15,18H,9H2. The first-order chi connectivity index (χ1) is 9.33. The molecular weight excluding hydrogens is 274 g/mol. The summed E-state index contributed by atoms with van der Waals surface area (Å²) in [4.78, 5) is 4.92. The van der Waals surface area contributed by atoms with E-state index in [0.717, 1.165) is 11.4 Å². The second kappa shape index (κ2) is 4.32. The lowest BCUT2D eigenvalue weighted by Gasteiger charge is -2.11. The third kappa shape index (κ3) is 1.78. The number of hydrogen-bond donors (Lipinski definition) is 1. The van der Waals surface area contributed by atoms with E-state index in [1.54, 1.807) is 0 Å². The molecule has 1 N–H and O–H groups in total. The first kappa shape index (κ1) is 11.4. The van der Waals surface area contributed by atoms with E-state index in [4.69, 9.17) is 11.6 Å². The van der Waals surface area contributed by atoms with Crippen LogP contribution in [0.4, 0.5) is 0 Å². The van der Waals surface area contributed by atoms with Crippen LogP contribution in [0.2, 0.25) is 5.02 Å². The number of aromatic amines is 1. The SMILES string of the molecule is Clc1ccccc1C1Cc2[nH]c3ccccc3c2S1. The summed E-state index contributed by atoms with van der Waals surface area (Å²) in [5.41, 5.74) is 3.82. The molecule has 19 heavy (non-hydrogen) atoms. The number of H-pyrrole nitrogens is 1. The average molecular weight is 286 g/mol. The van der Waals surface area contributed by atoms with Gasteiger partial charge in [-0.15, -0.1) is 11.8 Å². The number of fused-ring (bicyclic) bond motifs is 3. The summed E-state index contributed by atoms with van der Waals surface area (Å²) in [6, 6.07) is 16.7. The fraction of sp³-hybridized carbons (Fsp3) is 0.125. The minimum absolute atomic E-state index is 0.430. The number of benzene rings is 2. The van der Waals surface area contributed by atoms with Crippen molar-refractivity contribution in [1.29, 1.82) is 0 Å².